The maximum absolute atomic E-state index is 4.52. The van der Waals surface area contributed by atoms with Crippen molar-refractivity contribution in [3.63, 3.8) is 0 Å². The minimum atomic E-state index is 0.519. The number of thiazole rings is 1. The molecule has 1 atom stereocenters. The van der Waals surface area contributed by atoms with E-state index in [-0.39, 0.29) is 0 Å². The zero-order valence-corrected chi connectivity index (χ0v) is 13.7. The van der Waals surface area contributed by atoms with E-state index in [1.54, 1.807) is 11.3 Å². The number of hydrogen-bond acceptors (Lipinski definition) is 3. The molecule has 1 unspecified atom stereocenters. The van der Waals surface area contributed by atoms with Crippen molar-refractivity contribution in [2.24, 2.45) is 0 Å². The van der Waals surface area contributed by atoms with Crippen LogP contribution in [0.3, 0.4) is 0 Å². The molecule has 0 N–H and O–H groups in total. The molecule has 4 heteroatoms. The van der Waals surface area contributed by atoms with Gasteiger partial charge < -0.3 is 0 Å². The van der Waals surface area contributed by atoms with Gasteiger partial charge in [0.05, 0.1) is 10.7 Å². The number of benzene rings is 1. The van der Waals surface area contributed by atoms with Crippen LogP contribution in [0.25, 0.3) is 0 Å². The highest BCUT2D eigenvalue weighted by atomic mass is 79.9. The lowest BCUT2D eigenvalue weighted by Gasteiger charge is -2.22. The van der Waals surface area contributed by atoms with Gasteiger partial charge in [0.15, 0.2) is 0 Å². The number of likely N-dealkylation sites (N-methyl/N-ethyl adjacent to an activating group) is 1. The standard InChI is InChI=1S/C15H19BrN2S/c1-12-17-15(11-19-12)10-18(2)9-14(8-16)13-6-4-3-5-7-13/h3-7,11,14H,8-10H2,1-2H3. The first kappa shape index (κ1) is 14.7. The predicted molar refractivity (Wildman–Crippen MR) is 86.2 cm³/mol. The summed E-state index contributed by atoms with van der Waals surface area (Å²) in [5.41, 5.74) is 2.56. The van der Waals surface area contributed by atoms with Crippen LogP contribution in [0.5, 0.6) is 0 Å². The van der Waals surface area contributed by atoms with Crippen molar-refractivity contribution in [1.82, 2.24) is 9.88 Å². The van der Waals surface area contributed by atoms with E-state index in [9.17, 15) is 0 Å². The molecule has 1 heterocycles. The second-order valence-corrected chi connectivity index (χ2v) is 6.53. The molecule has 0 aliphatic heterocycles. The first-order valence-electron chi connectivity index (χ1n) is 6.39. The molecule has 2 rings (SSSR count). The van der Waals surface area contributed by atoms with Gasteiger partial charge in [-0.15, -0.1) is 11.3 Å². The molecular weight excluding hydrogens is 320 g/mol. The fraction of sp³-hybridized carbons (Fsp3) is 0.400. The third-order valence-corrected chi connectivity index (χ3v) is 4.69. The number of rotatable bonds is 6. The van der Waals surface area contributed by atoms with Crippen LogP contribution < -0.4 is 0 Å². The highest BCUT2D eigenvalue weighted by Crippen LogP contribution is 2.20. The minimum Gasteiger partial charge on any atom is -0.300 e. The largest absolute Gasteiger partial charge is 0.300 e. The lowest BCUT2D eigenvalue weighted by molar-refractivity contribution is 0.308. The molecule has 1 aromatic heterocycles. The molecule has 0 amide bonds. The van der Waals surface area contributed by atoms with E-state index < -0.39 is 0 Å². The average Bonchev–Trinajstić information content (AvgIpc) is 2.82. The minimum absolute atomic E-state index is 0.519. The molecule has 1 aromatic carbocycles. The molecule has 0 saturated carbocycles. The van der Waals surface area contributed by atoms with Crippen LogP contribution in [0, 0.1) is 6.92 Å². The zero-order valence-electron chi connectivity index (χ0n) is 11.3. The Labute approximate surface area is 127 Å². The van der Waals surface area contributed by atoms with Crippen molar-refractivity contribution in [2.45, 2.75) is 19.4 Å². The summed E-state index contributed by atoms with van der Waals surface area (Å²) in [6.07, 6.45) is 0. The average molecular weight is 339 g/mol. The second-order valence-electron chi connectivity index (χ2n) is 4.82. The van der Waals surface area contributed by atoms with Crippen LogP contribution in [0.4, 0.5) is 0 Å². The van der Waals surface area contributed by atoms with Crippen molar-refractivity contribution in [2.75, 3.05) is 18.9 Å². The molecule has 0 spiro atoms. The molecule has 0 aliphatic carbocycles. The third-order valence-electron chi connectivity index (χ3n) is 3.09. The molecule has 0 aliphatic rings. The molecule has 0 saturated heterocycles. The monoisotopic (exact) mass is 338 g/mol. The number of aromatic nitrogens is 1. The maximum Gasteiger partial charge on any atom is 0.0897 e. The van der Waals surface area contributed by atoms with Gasteiger partial charge in [-0.1, -0.05) is 46.3 Å². The molecule has 0 radical (unpaired) electrons. The third kappa shape index (κ3) is 4.41. The predicted octanol–water partition coefficient (Wildman–Crippen LogP) is 4.06. The van der Waals surface area contributed by atoms with Gasteiger partial charge in [0, 0.05) is 29.7 Å². The lowest BCUT2D eigenvalue weighted by atomic mass is 10.0. The first-order chi connectivity index (χ1) is 9.19. The van der Waals surface area contributed by atoms with Crippen LogP contribution in [0.15, 0.2) is 35.7 Å². The van der Waals surface area contributed by atoms with Crippen molar-refractivity contribution in [3.8, 4) is 0 Å². The quantitative estimate of drug-likeness (QED) is 0.738. The summed E-state index contributed by atoms with van der Waals surface area (Å²) in [5.74, 6) is 0.519. The number of halogens is 1. The molecule has 2 nitrogen and oxygen atoms in total. The van der Waals surface area contributed by atoms with Gasteiger partial charge in [-0.25, -0.2) is 4.98 Å². The number of nitrogens with zero attached hydrogens (tertiary/aromatic N) is 2. The van der Waals surface area contributed by atoms with Crippen molar-refractivity contribution >= 4 is 27.3 Å². The summed E-state index contributed by atoms with van der Waals surface area (Å²) in [4.78, 5) is 6.86. The summed E-state index contributed by atoms with van der Waals surface area (Å²) in [6, 6.07) is 10.7. The first-order valence-corrected chi connectivity index (χ1v) is 8.39. The van der Waals surface area contributed by atoms with Crippen LogP contribution >= 0.6 is 27.3 Å². The second kappa shape index (κ2) is 7.17. The summed E-state index contributed by atoms with van der Waals surface area (Å²) in [7, 11) is 2.16. The summed E-state index contributed by atoms with van der Waals surface area (Å²) in [5, 5.41) is 4.28. The SMILES string of the molecule is Cc1nc(CN(C)CC(CBr)c2ccccc2)cs1. The molecule has 2 aromatic rings. The van der Waals surface area contributed by atoms with Crippen LogP contribution in [-0.2, 0) is 6.54 Å². The number of hydrogen-bond donors (Lipinski definition) is 0. The van der Waals surface area contributed by atoms with Gasteiger partial charge in [0.25, 0.3) is 0 Å². The van der Waals surface area contributed by atoms with Gasteiger partial charge in [-0.2, -0.15) is 0 Å². The zero-order chi connectivity index (χ0) is 13.7. The summed E-state index contributed by atoms with van der Waals surface area (Å²) >= 11 is 5.35. The van der Waals surface area contributed by atoms with E-state index in [2.05, 4.69) is 75.5 Å². The smallest absolute Gasteiger partial charge is 0.0897 e. The summed E-state index contributed by atoms with van der Waals surface area (Å²) in [6.45, 7) is 4.01. The van der Waals surface area contributed by atoms with Crippen molar-refractivity contribution in [1.29, 1.82) is 0 Å². The molecule has 0 bridgehead atoms. The normalized spacial score (nSPS) is 12.8. The van der Waals surface area contributed by atoms with E-state index in [1.165, 1.54) is 11.3 Å². The van der Waals surface area contributed by atoms with E-state index in [4.69, 9.17) is 0 Å². The number of aryl methyl sites for hydroxylation is 1. The molecule has 19 heavy (non-hydrogen) atoms. The van der Waals surface area contributed by atoms with E-state index in [1.807, 2.05) is 0 Å². The number of alkyl halides is 1. The van der Waals surface area contributed by atoms with Gasteiger partial charge in [-0.3, -0.25) is 4.90 Å². The maximum atomic E-state index is 4.52. The van der Waals surface area contributed by atoms with Gasteiger partial charge in [0.1, 0.15) is 0 Å². The van der Waals surface area contributed by atoms with Crippen molar-refractivity contribution in [3.05, 3.63) is 52.0 Å². The van der Waals surface area contributed by atoms with Crippen LogP contribution in [-0.4, -0.2) is 28.8 Å². The van der Waals surface area contributed by atoms with E-state index >= 15 is 0 Å². The van der Waals surface area contributed by atoms with Crippen molar-refractivity contribution < 1.29 is 0 Å². The molecule has 0 fully saturated rings. The van der Waals surface area contributed by atoms with Crippen LogP contribution in [0.1, 0.15) is 22.2 Å². The fourth-order valence-electron chi connectivity index (χ4n) is 2.17. The van der Waals surface area contributed by atoms with E-state index in [0.29, 0.717) is 5.92 Å². The Balaban J connectivity index is 1.95. The van der Waals surface area contributed by atoms with Gasteiger partial charge in [-0.05, 0) is 19.5 Å². The summed E-state index contributed by atoms with van der Waals surface area (Å²) < 4.78 is 0. The fourth-order valence-corrected chi connectivity index (χ4v) is 3.35. The van der Waals surface area contributed by atoms with Gasteiger partial charge >= 0.3 is 0 Å². The highest BCUT2D eigenvalue weighted by Gasteiger charge is 2.13. The Morgan fingerprint density at radius 1 is 1.32 bits per heavy atom. The highest BCUT2D eigenvalue weighted by molar-refractivity contribution is 9.09. The molecular formula is C15H19BrN2S. The Morgan fingerprint density at radius 2 is 2.05 bits per heavy atom. The Hall–Kier alpha value is -0.710. The Kier molecular flexibility index (Phi) is 5.55. The lowest BCUT2D eigenvalue weighted by Crippen LogP contribution is -2.25. The Bertz CT molecular complexity index is 498. The Morgan fingerprint density at radius 3 is 2.63 bits per heavy atom. The molecule has 102 valence electrons. The van der Waals surface area contributed by atoms with Gasteiger partial charge in [0.2, 0.25) is 0 Å². The van der Waals surface area contributed by atoms with E-state index in [0.717, 1.165) is 23.4 Å². The van der Waals surface area contributed by atoms with Crippen LogP contribution in [0.2, 0.25) is 0 Å². The topological polar surface area (TPSA) is 16.1 Å².